The first-order chi connectivity index (χ1) is 9.61. The SMILES string of the molecule is CC1=CC2=CC3CC3CC(C2)C(C)CCC(C)=CCC1. The summed E-state index contributed by atoms with van der Waals surface area (Å²) in [6.07, 6.45) is 17.1. The average Bonchev–Trinajstić information content (AvgIpc) is 3.12. The maximum absolute atomic E-state index is 2.62. The molecule has 0 nitrogen and oxygen atoms in total. The van der Waals surface area contributed by atoms with Crippen molar-refractivity contribution in [3.8, 4) is 0 Å². The van der Waals surface area contributed by atoms with Gasteiger partial charge in [-0.3, -0.25) is 0 Å². The molecule has 1 fully saturated rings. The van der Waals surface area contributed by atoms with Crippen LogP contribution >= 0.6 is 0 Å². The van der Waals surface area contributed by atoms with Gasteiger partial charge >= 0.3 is 0 Å². The number of rotatable bonds is 0. The minimum atomic E-state index is 0.884. The second-order valence-electron chi connectivity index (χ2n) is 7.70. The Hall–Kier alpha value is -0.780. The fourth-order valence-electron chi connectivity index (χ4n) is 4.13. The summed E-state index contributed by atoms with van der Waals surface area (Å²) in [5, 5.41) is 0. The van der Waals surface area contributed by atoms with Crippen LogP contribution < -0.4 is 0 Å². The maximum Gasteiger partial charge on any atom is -0.0196 e. The maximum atomic E-state index is 2.62. The van der Waals surface area contributed by atoms with E-state index in [0.717, 1.165) is 23.7 Å². The monoisotopic (exact) mass is 270 g/mol. The molecule has 0 amide bonds. The molecule has 0 aliphatic heterocycles. The molecule has 0 spiro atoms. The second kappa shape index (κ2) is 5.92. The van der Waals surface area contributed by atoms with Crippen molar-refractivity contribution in [3.05, 3.63) is 34.9 Å². The zero-order valence-electron chi connectivity index (χ0n) is 13.5. The van der Waals surface area contributed by atoms with Gasteiger partial charge in [-0.1, -0.05) is 41.9 Å². The molecule has 0 heteroatoms. The summed E-state index contributed by atoms with van der Waals surface area (Å²) in [6, 6.07) is 0. The lowest BCUT2D eigenvalue weighted by molar-refractivity contribution is 0.305. The summed E-state index contributed by atoms with van der Waals surface area (Å²) in [7, 11) is 0. The number of fused-ring (bicyclic) bond motifs is 3. The fourth-order valence-corrected chi connectivity index (χ4v) is 4.13. The van der Waals surface area contributed by atoms with Crippen LogP contribution in [0.1, 0.15) is 65.7 Å². The van der Waals surface area contributed by atoms with Crippen LogP contribution in [0.4, 0.5) is 0 Å². The molecule has 0 saturated heterocycles. The average molecular weight is 270 g/mol. The highest BCUT2D eigenvalue weighted by molar-refractivity contribution is 5.28. The lowest BCUT2D eigenvalue weighted by Crippen LogP contribution is -2.13. The Balaban J connectivity index is 1.83. The minimum absolute atomic E-state index is 0.884. The third-order valence-electron chi connectivity index (χ3n) is 5.77. The predicted octanol–water partition coefficient (Wildman–Crippen LogP) is 6.06. The zero-order valence-corrected chi connectivity index (χ0v) is 13.5. The molecule has 0 radical (unpaired) electrons. The van der Waals surface area contributed by atoms with Crippen LogP contribution in [-0.4, -0.2) is 0 Å². The van der Waals surface area contributed by atoms with Crippen molar-refractivity contribution in [2.75, 3.05) is 0 Å². The van der Waals surface area contributed by atoms with E-state index in [1.165, 1.54) is 44.9 Å². The summed E-state index contributed by atoms with van der Waals surface area (Å²) in [4.78, 5) is 0. The Labute approximate surface area is 125 Å². The van der Waals surface area contributed by atoms with Gasteiger partial charge in [0.05, 0.1) is 0 Å². The Morgan fingerprint density at radius 1 is 1.00 bits per heavy atom. The van der Waals surface area contributed by atoms with Gasteiger partial charge in [-0.05, 0) is 82.5 Å². The molecule has 0 aromatic heterocycles. The number of hydrogen-bond acceptors (Lipinski definition) is 0. The summed E-state index contributed by atoms with van der Waals surface area (Å²) >= 11 is 0. The lowest BCUT2D eigenvalue weighted by Gasteiger charge is -2.24. The first-order valence-corrected chi connectivity index (χ1v) is 8.65. The first kappa shape index (κ1) is 14.2. The van der Waals surface area contributed by atoms with Gasteiger partial charge in [0, 0.05) is 0 Å². The van der Waals surface area contributed by atoms with Gasteiger partial charge in [0.1, 0.15) is 0 Å². The van der Waals surface area contributed by atoms with Crippen molar-refractivity contribution in [1.82, 2.24) is 0 Å². The predicted molar refractivity (Wildman–Crippen MR) is 87.6 cm³/mol. The van der Waals surface area contributed by atoms with E-state index < -0.39 is 0 Å². The van der Waals surface area contributed by atoms with Crippen molar-refractivity contribution in [1.29, 1.82) is 0 Å². The van der Waals surface area contributed by atoms with Crippen LogP contribution in [-0.2, 0) is 0 Å². The fraction of sp³-hybridized carbons (Fsp3) is 0.700. The summed E-state index contributed by atoms with van der Waals surface area (Å²) < 4.78 is 0. The molecule has 2 bridgehead atoms. The van der Waals surface area contributed by atoms with Crippen LogP contribution in [0.15, 0.2) is 34.9 Å². The van der Waals surface area contributed by atoms with E-state index in [4.69, 9.17) is 0 Å². The Morgan fingerprint density at radius 3 is 2.70 bits per heavy atom. The lowest BCUT2D eigenvalue weighted by atomic mass is 9.81. The largest absolute Gasteiger partial charge is 0.0853 e. The second-order valence-corrected chi connectivity index (χ2v) is 7.70. The first-order valence-electron chi connectivity index (χ1n) is 8.65. The van der Waals surface area contributed by atoms with Gasteiger partial charge in [0.15, 0.2) is 0 Å². The molecule has 1 saturated carbocycles. The van der Waals surface area contributed by atoms with Gasteiger partial charge in [-0.15, -0.1) is 0 Å². The van der Waals surface area contributed by atoms with Crippen molar-refractivity contribution in [2.24, 2.45) is 23.7 Å². The molecular formula is C20H30. The van der Waals surface area contributed by atoms with E-state index in [9.17, 15) is 0 Å². The normalized spacial score (nSPS) is 38.2. The van der Waals surface area contributed by atoms with E-state index in [2.05, 4.69) is 39.0 Å². The van der Waals surface area contributed by atoms with Crippen LogP contribution in [0.5, 0.6) is 0 Å². The summed E-state index contributed by atoms with van der Waals surface area (Å²) in [5.74, 6) is 3.76. The highest BCUT2D eigenvalue weighted by atomic mass is 14.4. The van der Waals surface area contributed by atoms with Crippen molar-refractivity contribution in [3.63, 3.8) is 0 Å². The highest BCUT2D eigenvalue weighted by Crippen LogP contribution is 2.50. The van der Waals surface area contributed by atoms with Gasteiger partial charge in [-0.2, -0.15) is 0 Å². The molecule has 4 atom stereocenters. The third kappa shape index (κ3) is 3.45. The Bertz CT molecular complexity index is 449. The minimum Gasteiger partial charge on any atom is -0.0853 e. The molecule has 0 aromatic rings. The summed E-state index contributed by atoms with van der Waals surface area (Å²) in [6.45, 7) is 7.15. The number of hydrogen-bond donors (Lipinski definition) is 0. The van der Waals surface area contributed by atoms with Crippen LogP contribution in [0.3, 0.4) is 0 Å². The molecule has 3 rings (SSSR count). The topological polar surface area (TPSA) is 0 Å². The van der Waals surface area contributed by atoms with Crippen molar-refractivity contribution < 1.29 is 0 Å². The quantitative estimate of drug-likeness (QED) is 0.469. The van der Waals surface area contributed by atoms with Crippen molar-refractivity contribution in [2.45, 2.75) is 65.7 Å². The van der Waals surface area contributed by atoms with Crippen molar-refractivity contribution >= 4 is 0 Å². The molecule has 4 unspecified atom stereocenters. The van der Waals surface area contributed by atoms with E-state index in [1.54, 1.807) is 16.7 Å². The summed E-state index contributed by atoms with van der Waals surface area (Å²) in [5.41, 5.74) is 4.84. The van der Waals surface area contributed by atoms with E-state index >= 15 is 0 Å². The molecule has 3 aliphatic rings. The van der Waals surface area contributed by atoms with Gasteiger partial charge in [0.25, 0.3) is 0 Å². The Kier molecular flexibility index (Phi) is 4.19. The smallest absolute Gasteiger partial charge is 0.0196 e. The van der Waals surface area contributed by atoms with Crippen LogP contribution in [0.2, 0.25) is 0 Å². The molecule has 0 N–H and O–H groups in total. The van der Waals surface area contributed by atoms with Crippen LogP contribution in [0.25, 0.3) is 0 Å². The van der Waals surface area contributed by atoms with E-state index in [1.807, 2.05) is 0 Å². The van der Waals surface area contributed by atoms with Gasteiger partial charge in [-0.25, -0.2) is 0 Å². The standard InChI is InChI=1S/C20H30/c1-14-5-4-6-15(2)9-17-10-18(16(3)8-7-14)12-20-13-19(20)11-17/h5,9,11,16,18-20H,4,6-8,10,12-13H2,1-3H3. The third-order valence-corrected chi connectivity index (χ3v) is 5.77. The Morgan fingerprint density at radius 2 is 1.85 bits per heavy atom. The highest BCUT2D eigenvalue weighted by Gasteiger charge is 2.40. The molecule has 0 heterocycles. The molecule has 3 aliphatic carbocycles. The van der Waals surface area contributed by atoms with Gasteiger partial charge < -0.3 is 0 Å². The molecular weight excluding hydrogens is 240 g/mol. The van der Waals surface area contributed by atoms with Crippen LogP contribution in [0, 0.1) is 23.7 Å². The van der Waals surface area contributed by atoms with E-state index in [-0.39, 0.29) is 0 Å². The number of allylic oxidation sites excluding steroid dienone is 6. The molecule has 110 valence electrons. The zero-order chi connectivity index (χ0) is 14.1. The molecule has 0 aromatic carbocycles. The van der Waals surface area contributed by atoms with Gasteiger partial charge in [0.2, 0.25) is 0 Å². The molecule has 20 heavy (non-hydrogen) atoms. The van der Waals surface area contributed by atoms with E-state index in [0.29, 0.717) is 0 Å².